The zero-order chi connectivity index (χ0) is 23.3. The molecule has 1 aliphatic heterocycles. The molecule has 1 amide bonds. The highest BCUT2D eigenvalue weighted by molar-refractivity contribution is 5.93. The topological polar surface area (TPSA) is 56.7 Å². The molecule has 1 aliphatic carbocycles. The van der Waals surface area contributed by atoms with Gasteiger partial charge in [0.1, 0.15) is 11.4 Å². The molecule has 1 atom stereocenters. The van der Waals surface area contributed by atoms with Gasteiger partial charge in [0.05, 0.1) is 0 Å². The minimum atomic E-state index is 0.0792. The molecule has 2 aromatic carbocycles. The molecule has 5 heteroatoms. The monoisotopic (exact) mass is 455 g/mol. The van der Waals surface area contributed by atoms with Gasteiger partial charge < -0.3 is 10.0 Å². The number of aromatic nitrogens is 1. The molecule has 0 spiro atoms. The zero-order valence-corrected chi connectivity index (χ0v) is 19.6. The molecule has 1 N–H and O–H groups in total. The van der Waals surface area contributed by atoms with E-state index in [1.54, 1.807) is 18.3 Å². The van der Waals surface area contributed by atoms with Gasteiger partial charge in [0.15, 0.2) is 0 Å². The van der Waals surface area contributed by atoms with E-state index >= 15 is 0 Å². The van der Waals surface area contributed by atoms with Crippen LogP contribution < -0.4 is 0 Å². The Morgan fingerprint density at radius 3 is 2.26 bits per heavy atom. The lowest BCUT2D eigenvalue weighted by molar-refractivity contribution is 0.0477. The van der Waals surface area contributed by atoms with Gasteiger partial charge in [0.25, 0.3) is 5.91 Å². The van der Waals surface area contributed by atoms with Crippen LogP contribution in [0.4, 0.5) is 0 Å². The first-order chi connectivity index (χ1) is 16.7. The number of phenolic OH excluding ortho intramolecular Hbond substituents is 1. The molecule has 2 heterocycles. The Balaban J connectivity index is 1.33. The number of carbonyl (C=O) groups is 1. The molecule has 0 radical (unpaired) electrons. The molecular weight excluding hydrogens is 422 g/mol. The molecule has 5 nitrogen and oxygen atoms in total. The van der Waals surface area contributed by atoms with Crippen molar-refractivity contribution in [3.8, 4) is 5.75 Å². The highest BCUT2D eigenvalue weighted by Crippen LogP contribution is 2.36. The lowest BCUT2D eigenvalue weighted by Gasteiger charge is -2.42. The summed E-state index contributed by atoms with van der Waals surface area (Å²) in [6, 6.07) is 24.2. The van der Waals surface area contributed by atoms with Crippen molar-refractivity contribution in [3.63, 3.8) is 0 Å². The number of hydrogen-bond donors (Lipinski definition) is 1. The summed E-state index contributed by atoms with van der Waals surface area (Å²) < 4.78 is 0. The van der Waals surface area contributed by atoms with E-state index in [9.17, 15) is 9.90 Å². The minimum Gasteiger partial charge on any atom is -0.508 e. The van der Waals surface area contributed by atoms with Gasteiger partial charge in [-0.2, -0.15) is 0 Å². The second-order valence-corrected chi connectivity index (χ2v) is 9.70. The molecule has 2 aliphatic rings. The summed E-state index contributed by atoms with van der Waals surface area (Å²) in [5, 5.41) is 9.56. The minimum absolute atomic E-state index is 0.0792. The van der Waals surface area contributed by atoms with Crippen molar-refractivity contribution in [3.05, 3.63) is 95.8 Å². The lowest BCUT2D eigenvalue weighted by Crippen LogP contribution is -2.50. The number of piperidine rings is 1. The second kappa shape index (κ2) is 10.4. The van der Waals surface area contributed by atoms with Crippen LogP contribution in [0.5, 0.6) is 5.75 Å². The van der Waals surface area contributed by atoms with Crippen LogP contribution in [0.25, 0.3) is 0 Å². The smallest absolute Gasteiger partial charge is 0.272 e. The maximum Gasteiger partial charge on any atom is 0.272 e. The van der Waals surface area contributed by atoms with Crippen LogP contribution in [0.3, 0.4) is 0 Å². The summed E-state index contributed by atoms with van der Waals surface area (Å²) >= 11 is 0. The third-order valence-corrected chi connectivity index (χ3v) is 7.22. The zero-order valence-electron chi connectivity index (χ0n) is 19.6. The fourth-order valence-electron chi connectivity index (χ4n) is 5.26. The molecule has 1 aromatic heterocycles. The normalized spacial score (nSPS) is 17.9. The van der Waals surface area contributed by atoms with Crippen LogP contribution in [-0.2, 0) is 13.0 Å². The summed E-state index contributed by atoms with van der Waals surface area (Å²) in [5.74, 6) is 0.851. The van der Waals surface area contributed by atoms with Gasteiger partial charge in [-0.05, 0) is 86.5 Å². The molecule has 1 unspecified atom stereocenters. The number of carbonyl (C=O) groups excluding carboxylic acids is 1. The van der Waals surface area contributed by atoms with Crippen LogP contribution in [0.15, 0.2) is 79.0 Å². The third-order valence-electron chi connectivity index (χ3n) is 7.22. The molecule has 5 rings (SSSR count). The van der Waals surface area contributed by atoms with Gasteiger partial charge in [0, 0.05) is 24.8 Å². The molecule has 0 bridgehead atoms. The number of likely N-dealkylation sites (tertiary alicyclic amines) is 1. The van der Waals surface area contributed by atoms with Gasteiger partial charge in [0.2, 0.25) is 0 Å². The van der Waals surface area contributed by atoms with Gasteiger partial charge in [-0.3, -0.25) is 14.7 Å². The van der Waals surface area contributed by atoms with Crippen molar-refractivity contribution in [1.82, 2.24) is 14.8 Å². The first kappa shape index (κ1) is 22.6. The largest absolute Gasteiger partial charge is 0.508 e. The molecule has 1 saturated carbocycles. The predicted octanol–water partition coefficient (Wildman–Crippen LogP) is 4.92. The molecule has 34 heavy (non-hydrogen) atoms. The number of benzene rings is 2. The van der Waals surface area contributed by atoms with Crippen LogP contribution >= 0.6 is 0 Å². The Hall–Kier alpha value is -3.18. The summed E-state index contributed by atoms with van der Waals surface area (Å²) in [5.41, 5.74) is 3.07. The van der Waals surface area contributed by atoms with E-state index in [-0.39, 0.29) is 11.9 Å². The summed E-state index contributed by atoms with van der Waals surface area (Å²) in [6.45, 7) is 2.94. The number of amides is 1. The SMILES string of the molecule is O=C(c1ccccn1)N(C1CC1)C(Cc1ccccc1)C1CCN(Cc2ccc(O)cc2)CC1. The van der Waals surface area contributed by atoms with Crippen molar-refractivity contribution in [2.75, 3.05) is 13.1 Å². The van der Waals surface area contributed by atoms with Crippen LogP contribution in [0.2, 0.25) is 0 Å². The van der Waals surface area contributed by atoms with E-state index in [2.05, 4.69) is 45.1 Å². The number of phenols is 1. The van der Waals surface area contributed by atoms with Gasteiger partial charge in [-0.15, -0.1) is 0 Å². The number of pyridine rings is 1. The molecular formula is C29H33N3O2. The summed E-state index contributed by atoms with van der Waals surface area (Å²) in [4.78, 5) is 22.7. The molecule has 2 fully saturated rings. The van der Waals surface area contributed by atoms with E-state index in [1.807, 2.05) is 30.3 Å². The third kappa shape index (κ3) is 5.48. The fourth-order valence-corrected chi connectivity index (χ4v) is 5.26. The van der Waals surface area contributed by atoms with E-state index in [0.29, 0.717) is 23.4 Å². The molecule has 1 saturated heterocycles. The maximum absolute atomic E-state index is 13.7. The van der Waals surface area contributed by atoms with Crippen LogP contribution in [0, 0.1) is 5.92 Å². The maximum atomic E-state index is 13.7. The molecule has 3 aromatic rings. The van der Waals surface area contributed by atoms with Gasteiger partial charge >= 0.3 is 0 Å². The van der Waals surface area contributed by atoms with Gasteiger partial charge in [-0.25, -0.2) is 0 Å². The molecule has 176 valence electrons. The van der Waals surface area contributed by atoms with E-state index < -0.39 is 0 Å². The average Bonchev–Trinajstić information content (AvgIpc) is 3.72. The Labute approximate surface area is 202 Å². The fraction of sp³-hybridized carbons (Fsp3) is 0.379. The number of hydrogen-bond acceptors (Lipinski definition) is 4. The van der Waals surface area contributed by atoms with Crippen LogP contribution in [0.1, 0.15) is 47.3 Å². The Morgan fingerprint density at radius 2 is 1.62 bits per heavy atom. The first-order valence-electron chi connectivity index (χ1n) is 12.5. The highest BCUT2D eigenvalue weighted by atomic mass is 16.3. The standard InChI is InChI=1S/C29H33N3O2/c33-26-13-9-23(10-14-26)21-31-18-15-24(16-19-31)28(20-22-6-2-1-3-7-22)32(25-11-12-25)29(34)27-8-4-5-17-30-27/h1-10,13-14,17,24-25,28,33H,11-12,15-16,18-21H2. The van der Waals surface area contributed by atoms with E-state index in [1.165, 1.54) is 11.1 Å². The average molecular weight is 456 g/mol. The summed E-state index contributed by atoms with van der Waals surface area (Å²) in [7, 11) is 0. The van der Waals surface area contributed by atoms with Crippen molar-refractivity contribution >= 4 is 5.91 Å². The highest BCUT2D eigenvalue weighted by Gasteiger charge is 2.41. The summed E-state index contributed by atoms with van der Waals surface area (Å²) in [6.07, 6.45) is 6.93. The number of nitrogens with zero attached hydrogens (tertiary/aromatic N) is 3. The van der Waals surface area contributed by atoms with Crippen molar-refractivity contribution < 1.29 is 9.90 Å². The number of rotatable bonds is 8. The predicted molar refractivity (Wildman–Crippen MR) is 133 cm³/mol. The van der Waals surface area contributed by atoms with Crippen molar-refractivity contribution in [2.24, 2.45) is 5.92 Å². The quantitative estimate of drug-likeness (QED) is 0.524. The van der Waals surface area contributed by atoms with E-state index in [4.69, 9.17) is 0 Å². The Morgan fingerprint density at radius 1 is 0.912 bits per heavy atom. The van der Waals surface area contributed by atoms with E-state index in [0.717, 1.165) is 51.7 Å². The second-order valence-electron chi connectivity index (χ2n) is 9.70. The first-order valence-corrected chi connectivity index (χ1v) is 12.5. The Bertz CT molecular complexity index is 1060. The van der Waals surface area contributed by atoms with Crippen molar-refractivity contribution in [2.45, 2.75) is 50.7 Å². The Kier molecular flexibility index (Phi) is 6.91. The lowest BCUT2D eigenvalue weighted by atomic mass is 9.84. The van der Waals surface area contributed by atoms with Crippen molar-refractivity contribution in [1.29, 1.82) is 0 Å². The van der Waals surface area contributed by atoms with Crippen LogP contribution in [-0.4, -0.2) is 51.0 Å². The van der Waals surface area contributed by atoms with Gasteiger partial charge in [-0.1, -0.05) is 48.5 Å². The number of aromatic hydroxyl groups is 1.